The van der Waals surface area contributed by atoms with Crippen molar-refractivity contribution >= 4 is 0 Å². The summed E-state index contributed by atoms with van der Waals surface area (Å²) in [6, 6.07) is 8.46. The highest BCUT2D eigenvalue weighted by Crippen LogP contribution is 2.33. The van der Waals surface area contributed by atoms with Crippen molar-refractivity contribution in [3.63, 3.8) is 0 Å². The normalized spacial score (nSPS) is 17.5. The van der Waals surface area contributed by atoms with E-state index in [9.17, 15) is 0 Å². The average Bonchev–Trinajstić information content (AvgIpc) is 2.65. The van der Waals surface area contributed by atoms with Crippen molar-refractivity contribution in [2.24, 2.45) is 0 Å². The first-order valence-electron chi connectivity index (χ1n) is 8.14. The first-order chi connectivity index (χ1) is 9.79. The molecule has 0 fully saturated rings. The first kappa shape index (κ1) is 15.5. The summed E-state index contributed by atoms with van der Waals surface area (Å²) in [4.78, 5) is 0. The van der Waals surface area contributed by atoms with Crippen LogP contribution >= 0.6 is 0 Å². The van der Waals surface area contributed by atoms with Gasteiger partial charge < -0.3 is 9.47 Å². The van der Waals surface area contributed by atoms with Crippen LogP contribution in [0, 0.1) is 0 Å². The van der Waals surface area contributed by atoms with Crippen LogP contribution in [-0.2, 0) is 22.7 Å². The fourth-order valence-corrected chi connectivity index (χ4v) is 2.92. The minimum atomic E-state index is -0.360. The van der Waals surface area contributed by atoms with Gasteiger partial charge in [0.25, 0.3) is 0 Å². The third-order valence-electron chi connectivity index (χ3n) is 4.14. The highest BCUT2D eigenvalue weighted by Gasteiger charge is 2.33. The minimum Gasteiger partial charge on any atom is -0.345 e. The molecule has 0 amide bonds. The lowest BCUT2D eigenvalue weighted by Crippen LogP contribution is -2.34. The molecular weight excluding hydrogens is 248 g/mol. The molecule has 20 heavy (non-hydrogen) atoms. The molecule has 0 aliphatic carbocycles. The van der Waals surface area contributed by atoms with Gasteiger partial charge in [-0.1, -0.05) is 63.8 Å². The van der Waals surface area contributed by atoms with Crippen LogP contribution < -0.4 is 0 Å². The molecule has 1 aromatic carbocycles. The number of ether oxygens (including phenoxy) is 2. The van der Waals surface area contributed by atoms with E-state index >= 15 is 0 Å². The number of hydrogen-bond acceptors (Lipinski definition) is 2. The second-order valence-corrected chi connectivity index (χ2v) is 5.82. The number of benzene rings is 1. The van der Waals surface area contributed by atoms with E-state index in [0.29, 0.717) is 13.2 Å². The third kappa shape index (κ3) is 4.07. The average molecular weight is 276 g/mol. The van der Waals surface area contributed by atoms with Gasteiger partial charge in [0.15, 0.2) is 5.79 Å². The zero-order chi connectivity index (χ0) is 14.3. The molecule has 2 heteroatoms. The number of fused-ring (bicyclic) bond motifs is 1. The van der Waals surface area contributed by atoms with E-state index in [4.69, 9.17) is 9.47 Å². The van der Waals surface area contributed by atoms with Crippen LogP contribution in [0.2, 0.25) is 0 Å². The van der Waals surface area contributed by atoms with E-state index in [2.05, 4.69) is 38.1 Å². The maximum Gasteiger partial charge on any atom is 0.169 e. The SMILES string of the molecule is CCCCCCC1(CCC)OCc2ccccc2CO1. The zero-order valence-electron chi connectivity index (χ0n) is 13.0. The molecule has 0 atom stereocenters. The fraction of sp³-hybridized carbons (Fsp3) is 0.667. The minimum absolute atomic E-state index is 0.360. The van der Waals surface area contributed by atoms with Crippen molar-refractivity contribution in [2.45, 2.75) is 77.8 Å². The smallest absolute Gasteiger partial charge is 0.169 e. The van der Waals surface area contributed by atoms with Crippen molar-refractivity contribution in [3.05, 3.63) is 35.4 Å². The number of unbranched alkanes of at least 4 members (excludes halogenated alkanes) is 3. The molecule has 1 aromatic rings. The van der Waals surface area contributed by atoms with Crippen LogP contribution in [0.15, 0.2) is 24.3 Å². The van der Waals surface area contributed by atoms with Crippen molar-refractivity contribution in [1.29, 1.82) is 0 Å². The molecule has 0 radical (unpaired) electrons. The van der Waals surface area contributed by atoms with Gasteiger partial charge in [0, 0.05) is 12.8 Å². The lowest BCUT2D eigenvalue weighted by molar-refractivity contribution is -0.252. The van der Waals surface area contributed by atoms with Crippen LogP contribution in [0.1, 0.15) is 69.9 Å². The molecule has 0 unspecified atom stereocenters. The number of rotatable bonds is 7. The predicted octanol–water partition coefficient (Wildman–Crippen LogP) is 5.20. The molecule has 2 nitrogen and oxygen atoms in total. The Morgan fingerprint density at radius 2 is 1.50 bits per heavy atom. The van der Waals surface area contributed by atoms with Crippen molar-refractivity contribution < 1.29 is 9.47 Å². The summed E-state index contributed by atoms with van der Waals surface area (Å²) in [5.41, 5.74) is 2.55. The fourth-order valence-electron chi connectivity index (χ4n) is 2.92. The molecule has 0 N–H and O–H groups in total. The van der Waals surface area contributed by atoms with Gasteiger partial charge in [-0.3, -0.25) is 0 Å². The molecule has 1 heterocycles. The zero-order valence-corrected chi connectivity index (χ0v) is 13.0. The Labute approximate surface area is 123 Å². The van der Waals surface area contributed by atoms with Crippen molar-refractivity contribution in [2.75, 3.05) is 0 Å². The third-order valence-corrected chi connectivity index (χ3v) is 4.14. The van der Waals surface area contributed by atoms with Gasteiger partial charge in [0.2, 0.25) is 0 Å². The maximum atomic E-state index is 6.22. The molecule has 112 valence electrons. The van der Waals surface area contributed by atoms with Crippen LogP contribution in [0.25, 0.3) is 0 Å². The van der Waals surface area contributed by atoms with Crippen LogP contribution in [0.3, 0.4) is 0 Å². The lowest BCUT2D eigenvalue weighted by atomic mass is 10.0. The Bertz CT molecular complexity index is 373. The predicted molar refractivity (Wildman–Crippen MR) is 82.4 cm³/mol. The van der Waals surface area contributed by atoms with Crippen LogP contribution in [0.4, 0.5) is 0 Å². The molecule has 0 saturated carbocycles. The summed E-state index contributed by atoms with van der Waals surface area (Å²) in [5.74, 6) is -0.360. The highest BCUT2D eigenvalue weighted by molar-refractivity contribution is 5.26. The first-order valence-corrected chi connectivity index (χ1v) is 8.14. The molecule has 2 rings (SSSR count). The molecular formula is C18H28O2. The van der Waals surface area contributed by atoms with E-state index in [1.54, 1.807) is 0 Å². The van der Waals surface area contributed by atoms with E-state index in [0.717, 1.165) is 19.3 Å². The summed E-state index contributed by atoms with van der Waals surface area (Å²) >= 11 is 0. The Kier molecular flexibility index (Phi) is 6.06. The van der Waals surface area contributed by atoms with Gasteiger partial charge in [0.05, 0.1) is 13.2 Å². The van der Waals surface area contributed by atoms with E-state index in [1.807, 2.05) is 0 Å². The van der Waals surface area contributed by atoms with Crippen LogP contribution in [0.5, 0.6) is 0 Å². The molecule has 1 aliphatic heterocycles. The van der Waals surface area contributed by atoms with Gasteiger partial charge in [-0.15, -0.1) is 0 Å². The van der Waals surface area contributed by atoms with Gasteiger partial charge in [-0.25, -0.2) is 0 Å². The summed E-state index contributed by atoms with van der Waals surface area (Å²) in [5, 5.41) is 0. The molecule has 1 aliphatic rings. The Balaban J connectivity index is 1.99. The topological polar surface area (TPSA) is 18.5 Å². The second kappa shape index (κ2) is 7.80. The van der Waals surface area contributed by atoms with Crippen molar-refractivity contribution in [1.82, 2.24) is 0 Å². The summed E-state index contributed by atoms with van der Waals surface area (Å²) < 4.78 is 12.4. The monoisotopic (exact) mass is 276 g/mol. The number of hydrogen-bond donors (Lipinski definition) is 0. The van der Waals surface area contributed by atoms with Gasteiger partial charge in [-0.2, -0.15) is 0 Å². The lowest BCUT2D eigenvalue weighted by Gasteiger charge is -2.32. The highest BCUT2D eigenvalue weighted by atomic mass is 16.7. The van der Waals surface area contributed by atoms with Crippen LogP contribution in [-0.4, -0.2) is 5.79 Å². The standard InChI is InChI=1S/C18H28O2/c1-3-5-6-9-13-18(12-4-2)19-14-16-10-7-8-11-17(16)15-20-18/h7-8,10-11H,3-6,9,12-15H2,1-2H3. The molecule has 0 spiro atoms. The summed E-state index contributed by atoms with van der Waals surface area (Å²) in [7, 11) is 0. The van der Waals surface area contributed by atoms with Gasteiger partial charge in [-0.05, 0) is 17.5 Å². The van der Waals surface area contributed by atoms with E-state index < -0.39 is 0 Å². The second-order valence-electron chi connectivity index (χ2n) is 5.82. The molecule has 0 bridgehead atoms. The maximum absolute atomic E-state index is 6.22. The van der Waals surface area contributed by atoms with Crippen molar-refractivity contribution in [3.8, 4) is 0 Å². The summed E-state index contributed by atoms with van der Waals surface area (Å²) in [6.45, 7) is 5.82. The largest absolute Gasteiger partial charge is 0.345 e. The van der Waals surface area contributed by atoms with Gasteiger partial charge >= 0.3 is 0 Å². The quantitative estimate of drug-likeness (QED) is 0.637. The Hall–Kier alpha value is -0.860. The van der Waals surface area contributed by atoms with E-state index in [-0.39, 0.29) is 5.79 Å². The van der Waals surface area contributed by atoms with E-state index in [1.165, 1.54) is 36.8 Å². The Morgan fingerprint density at radius 1 is 0.850 bits per heavy atom. The van der Waals surface area contributed by atoms with Gasteiger partial charge in [0.1, 0.15) is 0 Å². The summed E-state index contributed by atoms with van der Waals surface area (Å²) in [6.07, 6.45) is 8.17. The molecule has 0 aromatic heterocycles. The molecule has 0 saturated heterocycles. The Morgan fingerprint density at radius 3 is 2.05 bits per heavy atom.